The number of methoxy groups -OCH3 is 1. The van der Waals surface area contributed by atoms with E-state index in [-0.39, 0.29) is 5.56 Å². The minimum absolute atomic E-state index is 0.247. The number of hydrogen-bond donors (Lipinski definition) is 1. The lowest BCUT2D eigenvalue weighted by molar-refractivity contribution is 0.0999. The first-order valence-corrected chi connectivity index (χ1v) is 4.07. The molecule has 2 N–H and O–H groups in total. The molecular weight excluding hydrogens is 192 g/mol. The summed E-state index contributed by atoms with van der Waals surface area (Å²) in [7, 11) is 1.49. The Morgan fingerprint density at radius 2 is 2.27 bits per heavy atom. The lowest BCUT2D eigenvalue weighted by Gasteiger charge is -2.03. The number of nitrogens with zero attached hydrogens (tertiary/aromatic N) is 1. The number of carbonyl (C=O) groups excluding carboxylic acids is 1. The maximum absolute atomic E-state index is 11.1. The number of primary amides is 1. The van der Waals surface area contributed by atoms with Crippen molar-refractivity contribution in [3.63, 3.8) is 0 Å². The van der Waals surface area contributed by atoms with E-state index in [1.165, 1.54) is 13.2 Å². The van der Waals surface area contributed by atoms with Gasteiger partial charge in [0.25, 0.3) is 0 Å². The summed E-state index contributed by atoms with van der Waals surface area (Å²) < 4.78 is 4.94. The summed E-state index contributed by atoms with van der Waals surface area (Å²) >= 11 is 0. The maximum atomic E-state index is 11.1. The Labute approximate surface area is 87.3 Å². The molecule has 1 aromatic rings. The summed E-state index contributed by atoms with van der Waals surface area (Å²) in [6.07, 6.45) is 0. The van der Waals surface area contributed by atoms with Gasteiger partial charge in [-0.15, -0.1) is 0 Å². The van der Waals surface area contributed by atoms with Gasteiger partial charge in [0.05, 0.1) is 12.7 Å². The van der Waals surface area contributed by atoms with Crippen molar-refractivity contribution in [1.82, 2.24) is 0 Å². The predicted molar refractivity (Wildman–Crippen MR) is 54.0 cm³/mol. The van der Waals surface area contributed by atoms with E-state index < -0.39 is 5.91 Å². The molecule has 0 saturated heterocycles. The molecule has 15 heavy (non-hydrogen) atoms. The first kappa shape index (κ1) is 10.6. The Bertz CT molecular complexity index is 490. The Hall–Kier alpha value is -2.46. The molecule has 1 aromatic carbocycles. The zero-order valence-corrected chi connectivity index (χ0v) is 8.07. The molecule has 0 fully saturated rings. The van der Waals surface area contributed by atoms with Crippen molar-refractivity contribution in [3.8, 4) is 23.7 Å². The fourth-order valence-corrected chi connectivity index (χ4v) is 1.06. The van der Waals surface area contributed by atoms with E-state index in [9.17, 15) is 4.79 Å². The molecule has 4 nitrogen and oxygen atoms in total. The second-order valence-electron chi connectivity index (χ2n) is 2.64. The van der Waals surface area contributed by atoms with Crippen LogP contribution in [0.5, 0.6) is 5.75 Å². The second kappa shape index (κ2) is 4.69. The van der Waals surface area contributed by atoms with Gasteiger partial charge in [-0.3, -0.25) is 4.79 Å². The molecular formula is C11H8N2O2. The van der Waals surface area contributed by atoms with Crippen LogP contribution in [0.3, 0.4) is 0 Å². The molecule has 1 rings (SSSR count). The van der Waals surface area contributed by atoms with E-state index >= 15 is 0 Å². The molecule has 0 aliphatic heterocycles. The highest BCUT2D eigenvalue weighted by atomic mass is 16.5. The third kappa shape index (κ3) is 2.49. The number of hydrogen-bond acceptors (Lipinski definition) is 3. The number of amides is 1. The monoisotopic (exact) mass is 200 g/mol. The van der Waals surface area contributed by atoms with Crippen molar-refractivity contribution < 1.29 is 9.53 Å². The lowest BCUT2D eigenvalue weighted by atomic mass is 10.1. The van der Waals surface area contributed by atoms with Gasteiger partial charge in [-0.1, -0.05) is 0 Å². The van der Waals surface area contributed by atoms with Gasteiger partial charge in [0.1, 0.15) is 5.75 Å². The smallest absolute Gasteiger partial charge is 0.250 e. The van der Waals surface area contributed by atoms with Gasteiger partial charge < -0.3 is 10.5 Å². The molecule has 0 atom stereocenters. The molecule has 4 heteroatoms. The van der Waals surface area contributed by atoms with Crippen LogP contribution < -0.4 is 10.5 Å². The van der Waals surface area contributed by atoms with E-state index in [0.29, 0.717) is 11.3 Å². The van der Waals surface area contributed by atoms with Crippen LogP contribution in [0, 0.1) is 23.2 Å². The fraction of sp³-hybridized carbons (Fsp3) is 0.0909. The summed E-state index contributed by atoms with van der Waals surface area (Å²) in [5.74, 6) is 4.65. The predicted octanol–water partition coefficient (Wildman–Crippen LogP) is 0.669. The average Bonchev–Trinajstić information content (AvgIpc) is 2.26. The van der Waals surface area contributed by atoms with Gasteiger partial charge in [-0.2, -0.15) is 5.26 Å². The van der Waals surface area contributed by atoms with Crippen LogP contribution in [-0.4, -0.2) is 13.0 Å². The van der Waals surface area contributed by atoms with Gasteiger partial charge in [-0.05, 0) is 24.1 Å². The largest absolute Gasteiger partial charge is 0.497 e. The number of nitrogens with two attached hydrogens (primary N) is 1. The quantitative estimate of drug-likeness (QED) is 0.713. The van der Waals surface area contributed by atoms with Crippen molar-refractivity contribution in [2.45, 2.75) is 0 Å². The second-order valence-corrected chi connectivity index (χ2v) is 2.64. The standard InChI is InChI=1S/C11H8N2O2/c1-15-9-5-4-8(3-2-6-12)10(7-9)11(13)14/h4-5,7H,1H3,(H2,13,14). The highest BCUT2D eigenvalue weighted by Gasteiger charge is 2.07. The van der Waals surface area contributed by atoms with E-state index in [1.54, 1.807) is 18.2 Å². The SMILES string of the molecule is COc1ccc(C#CC#N)c(C(N)=O)c1. The van der Waals surface area contributed by atoms with Gasteiger partial charge in [0, 0.05) is 11.5 Å². The van der Waals surface area contributed by atoms with Gasteiger partial charge >= 0.3 is 0 Å². The number of carbonyl (C=O) groups is 1. The summed E-state index contributed by atoms with van der Waals surface area (Å²) in [5.41, 5.74) is 5.83. The van der Waals surface area contributed by atoms with E-state index in [2.05, 4.69) is 11.8 Å². The minimum Gasteiger partial charge on any atom is -0.497 e. The van der Waals surface area contributed by atoms with E-state index in [1.807, 2.05) is 0 Å². The van der Waals surface area contributed by atoms with Crippen molar-refractivity contribution in [3.05, 3.63) is 29.3 Å². The van der Waals surface area contributed by atoms with Gasteiger partial charge in [0.2, 0.25) is 5.91 Å². The molecule has 0 aromatic heterocycles. The van der Waals surface area contributed by atoms with Crippen molar-refractivity contribution >= 4 is 5.91 Å². The van der Waals surface area contributed by atoms with Gasteiger partial charge in [-0.25, -0.2) is 0 Å². The molecule has 0 heterocycles. The molecule has 0 spiro atoms. The van der Waals surface area contributed by atoms with Crippen LogP contribution in [0.15, 0.2) is 18.2 Å². The summed E-state index contributed by atoms with van der Waals surface area (Å²) in [4.78, 5) is 11.1. The Morgan fingerprint density at radius 3 is 2.80 bits per heavy atom. The van der Waals surface area contributed by atoms with E-state index in [0.717, 1.165) is 0 Å². The Morgan fingerprint density at radius 1 is 1.53 bits per heavy atom. The fourth-order valence-electron chi connectivity index (χ4n) is 1.06. The topological polar surface area (TPSA) is 76.1 Å². The number of ether oxygens (including phenoxy) is 1. The maximum Gasteiger partial charge on any atom is 0.250 e. The number of rotatable bonds is 2. The third-order valence-corrected chi connectivity index (χ3v) is 1.75. The highest BCUT2D eigenvalue weighted by Crippen LogP contribution is 2.16. The average molecular weight is 200 g/mol. The molecule has 0 radical (unpaired) electrons. The Balaban J connectivity index is 3.28. The van der Waals surface area contributed by atoms with Gasteiger partial charge in [0.15, 0.2) is 6.07 Å². The van der Waals surface area contributed by atoms with Crippen LogP contribution >= 0.6 is 0 Å². The van der Waals surface area contributed by atoms with Crippen molar-refractivity contribution in [2.75, 3.05) is 7.11 Å². The summed E-state index contributed by atoms with van der Waals surface area (Å²) in [6, 6.07) is 6.39. The molecule has 0 saturated carbocycles. The summed E-state index contributed by atoms with van der Waals surface area (Å²) in [6.45, 7) is 0. The molecule has 0 aliphatic carbocycles. The highest BCUT2D eigenvalue weighted by molar-refractivity contribution is 5.95. The molecule has 1 amide bonds. The van der Waals surface area contributed by atoms with Crippen LogP contribution in [0.25, 0.3) is 0 Å². The number of nitriles is 1. The lowest BCUT2D eigenvalue weighted by Crippen LogP contribution is -2.12. The minimum atomic E-state index is -0.601. The zero-order valence-electron chi connectivity index (χ0n) is 8.07. The third-order valence-electron chi connectivity index (χ3n) is 1.75. The van der Waals surface area contributed by atoms with Crippen LogP contribution in [-0.2, 0) is 0 Å². The first-order valence-electron chi connectivity index (χ1n) is 4.07. The first-order chi connectivity index (χ1) is 7.19. The molecule has 0 unspecified atom stereocenters. The van der Waals surface area contributed by atoms with Crippen LogP contribution in [0.2, 0.25) is 0 Å². The summed E-state index contributed by atoms with van der Waals surface area (Å²) in [5, 5.41) is 8.29. The van der Waals surface area contributed by atoms with Crippen molar-refractivity contribution in [2.24, 2.45) is 5.73 Å². The molecule has 0 aliphatic rings. The molecule has 74 valence electrons. The number of benzene rings is 1. The molecule has 0 bridgehead atoms. The van der Waals surface area contributed by atoms with E-state index in [4.69, 9.17) is 15.7 Å². The van der Waals surface area contributed by atoms with Crippen LogP contribution in [0.4, 0.5) is 0 Å². The zero-order chi connectivity index (χ0) is 11.3. The normalized spacial score (nSPS) is 8.27. The van der Waals surface area contributed by atoms with Crippen LogP contribution in [0.1, 0.15) is 15.9 Å². The Kier molecular flexibility index (Phi) is 3.32. The van der Waals surface area contributed by atoms with Crippen molar-refractivity contribution in [1.29, 1.82) is 5.26 Å².